The molecule has 0 amide bonds. The Morgan fingerprint density at radius 3 is 2.47 bits per heavy atom. The molecule has 1 aliphatic carbocycles. The highest BCUT2D eigenvalue weighted by atomic mass is 16.3. The van der Waals surface area contributed by atoms with E-state index in [1.54, 1.807) is 0 Å². The first-order valence-electron chi connectivity index (χ1n) is 12.7. The van der Waals surface area contributed by atoms with Gasteiger partial charge in [0, 0.05) is 22.5 Å². The summed E-state index contributed by atoms with van der Waals surface area (Å²) < 4.78 is 6.56. The Balaban J connectivity index is 1.48. The lowest BCUT2D eigenvalue weighted by Gasteiger charge is -2.34. The third-order valence-corrected chi connectivity index (χ3v) is 8.01. The van der Waals surface area contributed by atoms with Crippen molar-refractivity contribution in [1.29, 1.82) is 0 Å². The topological polar surface area (TPSA) is 26.0 Å². The first-order valence-corrected chi connectivity index (χ1v) is 12.7. The van der Waals surface area contributed by atoms with Crippen molar-refractivity contribution < 1.29 is 4.42 Å². The maximum atomic E-state index is 6.56. The third kappa shape index (κ3) is 3.60. The fourth-order valence-electron chi connectivity index (χ4n) is 5.87. The Bertz CT molecular complexity index is 1510. The smallest absolute Gasteiger partial charge is 0.161 e. The molecule has 0 aliphatic heterocycles. The van der Waals surface area contributed by atoms with Gasteiger partial charge in [-0.3, -0.25) is 4.98 Å². The van der Waals surface area contributed by atoms with E-state index < -0.39 is 0 Å². The van der Waals surface area contributed by atoms with Crippen LogP contribution in [0.5, 0.6) is 0 Å². The maximum absolute atomic E-state index is 6.56. The fraction of sp³-hybridized carbons (Fsp3) is 0.344. The number of benzene rings is 3. The molecular weight excluding hydrogens is 414 g/mol. The minimum Gasteiger partial charge on any atom is -0.454 e. The minimum absolute atomic E-state index is 0.433. The van der Waals surface area contributed by atoms with Crippen LogP contribution in [0.3, 0.4) is 0 Å². The predicted octanol–water partition coefficient (Wildman–Crippen LogP) is 9.61. The Morgan fingerprint density at radius 1 is 0.882 bits per heavy atom. The number of hydrogen-bond donors (Lipinski definition) is 0. The zero-order valence-corrected chi connectivity index (χ0v) is 20.7. The maximum Gasteiger partial charge on any atom is 0.161 e. The van der Waals surface area contributed by atoms with E-state index in [0.717, 1.165) is 27.8 Å². The molecule has 0 spiro atoms. The van der Waals surface area contributed by atoms with E-state index in [4.69, 9.17) is 9.40 Å². The Hall–Kier alpha value is -3.13. The Kier molecular flexibility index (Phi) is 5.02. The molecule has 2 heterocycles. The van der Waals surface area contributed by atoms with E-state index in [0.29, 0.717) is 17.3 Å². The third-order valence-electron chi connectivity index (χ3n) is 8.01. The highest BCUT2D eigenvalue weighted by Gasteiger charge is 2.28. The van der Waals surface area contributed by atoms with Gasteiger partial charge in [-0.25, -0.2) is 0 Å². The summed E-state index contributed by atoms with van der Waals surface area (Å²) in [7, 11) is 0. The van der Waals surface area contributed by atoms with Gasteiger partial charge in [-0.15, -0.1) is 0 Å². The van der Waals surface area contributed by atoms with Gasteiger partial charge in [0.2, 0.25) is 0 Å². The normalized spacial score (nSPS) is 16.7. The molecule has 1 saturated carbocycles. The monoisotopic (exact) mass is 447 g/mol. The lowest BCUT2D eigenvalue weighted by molar-refractivity contribution is 0.224. The number of fused-ring (bicyclic) bond motifs is 4. The number of pyridine rings is 1. The summed E-state index contributed by atoms with van der Waals surface area (Å²) in [6.07, 6.45) is 7.04. The van der Waals surface area contributed by atoms with Crippen LogP contribution in [0, 0.1) is 5.41 Å². The molecule has 0 saturated heterocycles. The summed E-state index contributed by atoms with van der Waals surface area (Å²) in [4.78, 5) is 4.81. The molecule has 172 valence electrons. The van der Waals surface area contributed by atoms with Crippen LogP contribution in [-0.2, 0) is 0 Å². The van der Waals surface area contributed by atoms with Gasteiger partial charge in [0.15, 0.2) is 5.58 Å². The van der Waals surface area contributed by atoms with Gasteiger partial charge in [-0.1, -0.05) is 64.1 Å². The van der Waals surface area contributed by atoms with Crippen LogP contribution in [-0.4, -0.2) is 4.98 Å². The average Bonchev–Trinajstić information content (AvgIpc) is 3.21. The minimum atomic E-state index is 0.433. The second-order valence-corrected chi connectivity index (χ2v) is 11.3. The largest absolute Gasteiger partial charge is 0.454 e. The molecular formula is C32H33NO. The molecule has 3 aromatic carbocycles. The zero-order chi connectivity index (χ0) is 23.4. The lowest BCUT2D eigenvalue weighted by Crippen LogP contribution is -2.20. The highest BCUT2D eigenvalue weighted by molar-refractivity contribution is 6.09. The van der Waals surface area contributed by atoms with Crippen molar-refractivity contribution >= 4 is 32.7 Å². The Labute approximate surface area is 202 Å². The summed E-state index contributed by atoms with van der Waals surface area (Å²) >= 11 is 0. The molecule has 0 bridgehead atoms. The van der Waals surface area contributed by atoms with Crippen LogP contribution in [0.4, 0.5) is 0 Å². The van der Waals surface area contributed by atoms with Crippen molar-refractivity contribution in [3.63, 3.8) is 0 Å². The second-order valence-electron chi connectivity index (χ2n) is 11.3. The van der Waals surface area contributed by atoms with Crippen LogP contribution in [0.2, 0.25) is 0 Å². The molecule has 0 atom stereocenters. The summed E-state index contributed by atoms with van der Waals surface area (Å²) in [5, 5.41) is 4.90. The van der Waals surface area contributed by atoms with Crippen LogP contribution in [0.1, 0.15) is 76.3 Å². The lowest BCUT2D eigenvalue weighted by atomic mass is 9.71. The molecule has 1 aliphatic rings. The van der Waals surface area contributed by atoms with Crippen molar-refractivity contribution in [1.82, 2.24) is 4.98 Å². The molecule has 0 radical (unpaired) electrons. The van der Waals surface area contributed by atoms with Crippen LogP contribution in [0.25, 0.3) is 44.0 Å². The summed E-state index contributed by atoms with van der Waals surface area (Å²) in [6, 6.07) is 22.2. The Morgan fingerprint density at radius 2 is 1.68 bits per heavy atom. The highest BCUT2D eigenvalue weighted by Crippen LogP contribution is 2.44. The number of furan rings is 1. The molecule has 5 aromatic rings. The molecule has 2 aromatic heterocycles. The van der Waals surface area contributed by atoms with Gasteiger partial charge in [-0.05, 0) is 89.1 Å². The van der Waals surface area contributed by atoms with Crippen LogP contribution >= 0.6 is 0 Å². The van der Waals surface area contributed by atoms with E-state index >= 15 is 0 Å². The molecule has 0 N–H and O–H groups in total. The van der Waals surface area contributed by atoms with Crippen molar-refractivity contribution in [3.8, 4) is 11.3 Å². The molecule has 1 fully saturated rings. The number of hydrogen-bond acceptors (Lipinski definition) is 2. The molecule has 2 nitrogen and oxygen atoms in total. The van der Waals surface area contributed by atoms with E-state index in [-0.39, 0.29) is 0 Å². The van der Waals surface area contributed by atoms with E-state index in [2.05, 4.69) is 88.4 Å². The second kappa shape index (κ2) is 7.98. The van der Waals surface area contributed by atoms with E-state index in [1.165, 1.54) is 53.0 Å². The molecule has 0 unspecified atom stereocenters. The van der Waals surface area contributed by atoms with Gasteiger partial charge in [0.25, 0.3) is 0 Å². The van der Waals surface area contributed by atoms with Crippen molar-refractivity contribution in [3.05, 3.63) is 78.0 Å². The quantitative estimate of drug-likeness (QED) is 0.275. The number of rotatable bonds is 3. The number of aromatic nitrogens is 1. The van der Waals surface area contributed by atoms with E-state index in [1.807, 2.05) is 6.20 Å². The first-order chi connectivity index (χ1) is 16.4. The standard InChI is InChI=1S/C32H33NO/c1-20(2)28-18-24(17-23-7-5-6-8-25(23)28)30-31-27(13-16-33-30)26-10-9-22(19-29(26)34-31)21-11-14-32(3,4)15-12-21/h5-10,13,16-21H,11-12,14-15H2,1-4H3. The van der Waals surface area contributed by atoms with Gasteiger partial charge < -0.3 is 4.42 Å². The van der Waals surface area contributed by atoms with Crippen molar-refractivity contribution in [2.75, 3.05) is 0 Å². The number of nitrogens with zero attached hydrogens (tertiary/aromatic N) is 1. The average molecular weight is 448 g/mol. The van der Waals surface area contributed by atoms with Crippen LogP contribution in [0.15, 0.2) is 71.3 Å². The molecule has 2 heteroatoms. The van der Waals surface area contributed by atoms with E-state index in [9.17, 15) is 0 Å². The van der Waals surface area contributed by atoms with Crippen LogP contribution < -0.4 is 0 Å². The van der Waals surface area contributed by atoms with Gasteiger partial charge in [-0.2, -0.15) is 0 Å². The summed E-state index contributed by atoms with van der Waals surface area (Å²) in [5.41, 5.74) is 7.19. The molecule has 6 rings (SSSR count). The van der Waals surface area contributed by atoms with Crippen molar-refractivity contribution in [2.24, 2.45) is 5.41 Å². The zero-order valence-electron chi connectivity index (χ0n) is 20.7. The van der Waals surface area contributed by atoms with Gasteiger partial charge >= 0.3 is 0 Å². The SMILES string of the molecule is CC(C)c1cc(-c2nccc3c2oc2cc(C4CCC(C)(C)CC4)ccc23)cc2ccccc12. The predicted molar refractivity (Wildman–Crippen MR) is 144 cm³/mol. The van der Waals surface area contributed by atoms with Gasteiger partial charge in [0.1, 0.15) is 11.3 Å². The first kappa shape index (κ1) is 21.4. The fourth-order valence-corrected chi connectivity index (χ4v) is 5.87. The summed E-state index contributed by atoms with van der Waals surface area (Å²) in [5.74, 6) is 1.07. The van der Waals surface area contributed by atoms with Crippen molar-refractivity contribution in [2.45, 2.75) is 65.2 Å². The summed E-state index contributed by atoms with van der Waals surface area (Å²) in [6.45, 7) is 9.32. The molecule has 34 heavy (non-hydrogen) atoms. The van der Waals surface area contributed by atoms with Gasteiger partial charge in [0.05, 0.1) is 0 Å².